The number of carbonyl (C=O) groups excluding carboxylic acids is 1. The van der Waals surface area contributed by atoms with E-state index >= 15 is 0 Å². The largest absolute Gasteiger partial charge is 0.452 e. The van der Waals surface area contributed by atoms with E-state index in [0.29, 0.717) is 11.3 Å². The van der Waals surface area contributed by atoms with Crippen molar-refractivity contribution in [3.63, 3.8) is 0 Å². The summed E-state index contributed by atoms with van der Waals surface area (Å²) < 4.78 is 6.08. The molecule has 0 bridgehead atoms. The van der Waals surface area contributed by atoms with Gasteiger partial charge in [-0.05, 0) is 36.6 Å². The van der Waals surface area contributed by atoms with E-state index in [-0.39, 0.29) is 5.78 Å². The molecule has 0 unspecified atom stereocenters. The van der Waals surface area contributed by atoms with Gasteiger partial charge in [-0.2, -0.15) is 0 Å². The Morgan fingerprint density at radius 2 is 1.48 bits per heavy atom. The number of hydrogen-bond donors (Lipinski definition) is 0. The standard InChI is InChI=1S/C23H18O2/c1-15-13-16(2)20-19(14-15)25-23(21(20)17-9-5-3-6-10-17)22(24)18-11-7-4-8-12-18/h3-14H,1-2H3. The van der Waals surface area contributed by atoms with Gasteiger partial charge in [0, 0.05) is 16.5 Å². The van der Waals surface area contributed by atoms with Crippen LogP contribution in [0.1, 0.15) is 27.2 Å². The Balaban J connectivity index is 2.04. The Morgan fingerprint density at radius 1 is 0.840 bits per heavy atom. The lowest BCUT2D eigenvalue weighted by Gasteiger charge is -2.05. The lowest BCUT2D eigenvalue weighted by atomic mass is 9.95. The van der Waals surface area contributed by atoms with Gasteiger partial charge in [0.1, 0.15) is 5.58 Å². The van der Waals surface area contributed by atoms with E-state index in [1.165, 1.54) is 0 Å². The number of rotatable bonds is 3. The van der Waals surface area contributed by atoms with Crippen LogP contribution >= 0.6 is 0 Å². The van der Waals surface area contributed by atoms with Crippen molar-refractivity contribution in [1.29, 1.82) is 0 Å². The molecule has 0 saturated carbocycles. The van der Waals surface area contributed by atoms with Gasteiger partial charge in [0.2, 0.25) is 5.78 Å². The van der Waals surface area contributed by atoms with Crippen LogP contribution in [0.2, 0.25) is 0 Å². The van der Waals surface area contributed by atoms with Gasteiger partial charge < -0.3 is 4.42 Å². The minimum atomic E-state index is -0.0901. The van der Waals surface area contributed by atoms with Crippen LogP contribution in [-0.2, 0) is 0 Å². The van der Waals surface area contributed by atoms with E-state index in [9.17, 15) is 4.79 Å². The molecule has 0 aliphatic rings. The van der Waals surface area contributed by atoms with Gasteiger partial charge >= 0.3 is 0 Å². The van der Waals surface area contributed by atoms with Gasteiger partial charge in [0.05, 0.1) is 0 Å². The fourth-order valence-corrected chi connectivity index (χ4v) is 3.36. The molecular formula is C23H18O2. The van der Waals surface area contributed by atoms with Gasteiger partial charge in [0.25, 0.3) is 0 Å². The Labute approximate surface area is 146 Å². The minimum Gasteiger partial charge on any atom is -0.452 e. The number of ketones is 1. The highest BCUT2D eigenvalue weighted by Gasteiger charge is 2.24. The second-order valence-electron chi connectivity index (χ2n) is 6.32. The fraction of sp³-hybridized carbons (Fsp3) is 0.0870. The summed E-state index contributed by atoms with van der Waals surface area (Å²) in [6.07, 6.45) is 0. The first-order valence-corrected chi connectivity index (χ1v) is 8.34. The van der Waals surface area contributed by atoms with Crippen LogP contribution in [0.25, 0.3) is 22.1 Å². The minimum absolute atomic E-state index is 0.0901. The van der Waals surface area contributed by atoms with Crippen molar-refractivity contribution in [2.45, 2.75) is 13.8 Å². The van der Waals surface area contributed by atoms with Crippen molar-refractivity contribution in [2.24, 2.45) is 0 Å². The smallest absolute Gasteiger partial charge is 0.228 e. The maximum Gasteiger partial charge on any atom is 0.228 e. The van der Waals surface area contributed by atoms with Crippen molar-refractivity contribution < 1.29 is 9.21 Å². The van der Waals surface area contributed by atoms with Crippen LogP contribution < -0.4 is 0 Å². The second kappa shape index (κ2) is 6.06. The van der Waals surface area contributed by atoms with Crippen LogP contribution in [0.15, 0.2) is 77.2 Å². The average molecular weight is 326 g/mol. The molecular weight excluding hydrogens is 308 g/mol. The second-order valence-corrected chi connectivity index (χ2v) is 6.32. The predicted molar refractivity (Wildman–Crippen MR) is 101 cm³/mol. The topological polar surface area (TPSA) is 30.2 Å². The summed E-state index contributed by atoms with van der Waals surface area (Å²) in [5.74, 6) is 0.314. The molecule has 0 saturated heterocycles. The van der Waals surface area contributed by atoms with E-state index in [1.807, 2.05) is 73.7 Å². The van der Waals surface area contributed by atoms with E-state index in [4.69, 9.17) is 4.42 Å². The third-order valence-corrected chi connectivity index (χ3v) is 4.44. The molecule has 0 aliphatic carbocycles. The Kier molecular flexibility index (Phi) is 3.73. The number of hydrogen-bond acceptors (Lipinski definition) is 2. The Hall–Kier alpha value is -3.13. The number of carbonyl (C=O) groups is 1. The molecule has 2 heteroatoms. The van der Waals surface area contributed by atoms with Gasteiger partial charge in [-0.25, -0.2) is 0 Å². The quantitative estimate of drug-likeness (QED) is 0.436. The van der Waals surface area contributed by atoms with Crippen molar-refractivity contribution in [2.75, 3.05) is 0 Å². The Morgan fingerprint density at radius 3 is 2.16 bits per heavy atom. The molecule has 4 aromatic rings. The van der Waals surface area contributed by atoms with Crippen molar-refractivity contribution in [1.82, 2.24) is 0 Å². The zero-order chi connectivity index (χ0) is 17.4. The van der Waals surface area contributed by atoms with E-state index < -0.39 is 0 Å². The maximum atomic E-state index is 13.1. The summed E-state index contributed by atoms with van der Waals surface area (Å²) in [4.78, 5) is 13.1. The molecule has 0 atom stereocenters. The molecule has 0 radical (unpaired) electrons. The summed E-state index contributed by atoms with van der Waals surface area (Å²) in [5.41, 5.74) is 5.50. The molecule has 0 amide bonds. The lowest BCUT2D eigenvalue weighted by Crippen LogP contribution is -2.01. The molecule has 0 fully saturated rings. The molecule has 1 heterocycles. The van der Waals surface area contributed by atoms with E-state index in [2.05, 4.69) is 13.0 Å². The van der Waals surface area contributed by atoms with Crippen LogP contribution in [0.4, 0.5) is 0 Å². The number of aryl methyl sites for hydroxylation is 2. The number of benzene rings is 3. The molecule has 2 nitrogen and oxygen atoms in total. The predicted octanol–water partition coefficient (Wildman–Crippen LogP) is 5.95. The van der Waals surface area contributed by atoms with Gasteiger partial charge in [-0.3, -0.25) is 4.79 Å². The zero-order valence-corrected chi connectivity index (χ0v) is 14.2. The normalized spacial score (nSPS) is 11.0. The van der Waals surface area contributed by atoms with Crippen molar-refractivity contribution in [3.05, 3.63) is 95.2 Å². The van der Waals surface area contributed by atoms with Crippen molar-refractivity contribution >= 4 is 16.8 Å². The lowest BCUT2D eigenvalue weighted by molar-refractivity contribution is 0.101. The summed E-state index contributed by atoms with van der Waals surface area (Å²) in [7, 11) is 0. The zero-order valence-electron chi connectivity index (χ0n) is 14.2. The van der Waals surface area contributed by atoms with Gasteiger partial charge in [-0.1, -0.05) is 66.7 Å². The third-order valence-electron chi connectivity index (χ3n) is 4.44. The highest BCUT2D eigenvalue weighted by atomic mass is 16.3. The van der Waals surface area contributed by atoms with Crippen LogP contribution in [-0.4, -0.2) is 5.78 Å². The van der Waals surface area contributed by atoms with Gasteiger partial charge in [0.15, 0.2) is 5.76 Å². The molecule has 1 aromatic heterocycles. The molecule has 0 spiro atoms. The van der Waals surface area contributed by atoms with E-state index in [0.717, 1.165) is 33.2 Å². The number of fused-ring (bicyclic) bond motifs is 1. The first-order chi connectivity index (χ1) is 12.1. The highest BCUT2D eigenvalue weighted by molar-refractivity contribution is 6.16. The monoisotopic (exact) mass is 326 g/mol. The first-order valence-electron chi connectivity index (χ1n) is 8.34. The maximum absolute atomic E-state index is 13.1. The molecule has 4 rings (SSSR count). The third kappa shape index (κ3) is 2.66. The number of furan rings is 1. The highest BCUT2D eigenvalue weighted by Crippen LogP contribution is 2.38. The summed E-state index contributed by atoms with van der Waals surface area (Å²) >= 11 is 0. The Bertz CT molecular complexity index is 1060. The SMILES string of the molecule is Cc1cc(C)c2c(-c3ccccc3)c(C(=O)c3ccccc3)oc2c1. The fourth-order valence-electron chi connectivity index (χ4n) is 3.36. The summed E-state index contributed by atoms with van der Waals surface area (Å²) in [6.45, 7) is 4.10. The molecule has 0 N–H and O–H groups in total. The van der Waals surface area contributed by atoms with Crippen molar-refractivity contribution in [3.8, 4) is 11.1 Å². The van der Waals surface area contributed by atoms with E-state index in [1.54, 1.807) is 0 Å². The summed E-state index contributed by atoms with van der Waals surface area (Å²) in [6, 6.07) is 23.4. The molecule has 3 aromatic carbocycles. The molecule has 0 aliphatic heterocycles. The summed E-state index contributed by atoms with van der Waals surface area (Å²) in [5, 5.41) is 1.01. The average Bonchev–Trinajstić information content (AvgIpc) is 3.02. The van der Waals surface area contributed by atoms with Gasteiger partial charge in [-0.15, -0.1) is 0 Å². The van der Waals surface area contributed by atoms with Crippen LogP contribution in [0.5, 0.6) is 0 Å². The van der Waals surface area contributed by atoms with Crippen LogP contribution in [0.3, 0.4) is 0 Å². The molecule has 122 valence electrons. The molecule has 25 heavy (non-hydrogen) atoms. The van der Waals surface area contributed by atoms with Crippen LogP contribution in [0, 0.1) is 13.8 Å². The first kappa shape index (κ1) is 15.4.